The lowest BCUT2D eigenvalue weighted by Crippen LogP contribution is -2.59. The van der Waals surface area contributed by atoms with Crippen molar-refractivity contribution in [3.63, 3.8) is 0 Å². The van der Waals surface area contributed by atoms with Gasteiger partial charge in [0.15, 0.2) is 0 Å². The number of nitrogens with zero attached hydrogens (tertiary/aromatic N) is 1. The van der Waals surface area contributed by atoms with Crippen LogP contribution in [-0.4, -0.2) is 48.4 Å². The molecule has 5 rings (SSSR count). The van der Waals surface area contributed by atoms with Crippen LogP contribution in [-0.2, 0) is 22.4 Å². The van der Waals surface area contributed by atoms with E-state index in [4.69, 9.17) is 0 Å². The highest BCUT2D eigenvalue weighted by Crippen LogP contribution is 2.36. The molecule has 1 atom stereocenters. The van der Waals surface area contributed by atoms with Crippen molar-refractivity contribution < 1.29 is 9.59 Å². The van der Waals surface area contributed by atoms with E-state index in [2.05, 4.69) is 40.2 Å². The van der Waals surface area contributed by atoms with Crippen LogP contribution in [0.2, 0.25) is 0 Å². The second-order valence-electron chi connectivity index (χ2n) is 9.14. The topological polar surface area (TPSA) is 73.5 Å². The predicted octanol–water partition coefficient (Wildman–Crippen LogP) is 2.81. The Morgan fingerprint density at radius 3 is 2.42 bits per heavy atom. The van der Waals surface area contributed by atoms with E-state index in [-0.39, 0.29) is 11.8 Å². The van der Waals surface area contributed by atoms with Crippen molar-refractivity contribution in [2.75, 3.05) is 36.8 Å². The van der Waals surface area contributed by atoms with Crippen LogP contribution in [0.5, 0.6) is 0 Å². The van der Waals surface area contributed by atoms with Gasteiger partial charge < -0.3 is 20.9 Å². The molecule has 2 amide bonds. The summed E-state index contributed by atoms with van der Waals surface area (Å²) in [4.78, 5) is 27.6. The van der Waals surface area contributed by atoms with Crippen molar-refractivity contribution in [3.05, 3.63) is 59.7 Å². The largest absolute Gasteiger partial charge is 0.369 e. The lowest BCUT2D eigenvalue weighted by atomic mass is 9.84. The van der Waals surface area contributed by atoms with Gasteiger partial charge in [-0.2, -0.15) is 0 Å². The number of benzene rings is 2. The van der Waals surface area contributed by atoms with Gasteiger partial charge >= 0.3 is 0 Å². The number of anilines is 2. The zero-order chi connectivity index (χ0) is 21.3. The molecule has 2 saturated heterocycles. The summed E-state index contributed by atoms with van der Waals surface area (Å²) in [7, 11) is 0. The maximum Gasteiger partial charge on any atom is 0.250 e. The Bertz CT molecular complexity index is 958. The number of hydrogen-bond donors (Lipinski definition) is 3. The summed E-state index contributed by atoms with van der Waals surface area (Å²) in [5, 5.41) is 9.89. The molecule has 6 nitrogen and oxygen atoms in total. The second-order valence-corrected chi connectivity index (χ2v) is 9.14. The summed E-state index contributed by atoms with van der Waals surface area (Å²) in [6.45, 7) is 3.41. The number of hydrogen-bond acceptors (Lipinski definition) is 4. The van der Waals surface area contributed by atoms with E-state index in [9.17, 15) is 9.59 Å². The molecule has 3 heterocycles. The number of rotatable bonds is 4. The first-order valence-electron chi connectivity index (χ1n) is 11.4. The highest BCUT2D eigenvalue weighted by molar-refractivity contribution is 6.06. The summed E-state index contributed by atoms with van der Waals surface area (Å²) < 4.78 is 0. The second kappa shape index (κ2) is 8.35. The molecule has 0 aliphatic carbocycles. The van der Waals surface area contributed by atoms with Crippen LogP contribution in [0.3, 0.4) is 0 Å². The lowest BCUT2D eigenvalue weighted by Gasteiger charge is -2.44. The van der Waals surface area contributed by atoms with Crippen LogP contribution in [0.4, 0.5) is 11.4 Å². The SMILES string of the molecule is O=C(Cc1ccc(CC2CCNC2)cc1)N1CCC2(CC1)Nc1ccccc1NC2=O. The predicted molar refractivity (Wildman–Crippen MR) is 122 cm³/mol. The zero-order valence-corrected chi connectivity index (χ0v) is 17.8. The maximum atomic E-state index is 12.9. The van der Waals surface area contributed by atoms with Crippen LogP contribution in [0.15, 0.2) is 48.5 Å². The normalized spacial score (nSPS) is 22.0. The minimum absolute atomic E-state index is 0.00588. The summed E-state index contributed by atoms with van der Waals surface area (Å²) >= 11 is 0. The lowest BCUT2D eigenvalue weighted by molar-refractivity contribution is -0.134. The molecule has 3 aliphatic heterocycles. The van der Waals surface area contributed by atoms with Crippen molar-refractivity contribution in [2.24, 2.45) is 5.92 Å². The first-order chi connectivity index (χ1) is 15.1. The fraction of sp³-hybridized carbons (Fsp3) is 0.440. The molecular formula is C25H30N4O2. The molecule has 6 heteroatoms. The van der Waals surface area contributed by atoms with E-state index in [1.807, 2.05) is 29.2 Å². The third-order valence-corrected chi connectivity index (χ3v) is 7.02. The molecule has 162 valence electrons. The molecule has 0 bridgehead atoms. The quantitative estimate of drug-likeness (QED) is 0.714. The van der Waals surface area contributed by atoms with Gasteiger partial charge in [0, 0.05) is 13.1 Å². The highest BCUT2D eigenvalue weighted by Gasteiger charge is 2.44. The number of likely N-dealkylation sites (tertiary alicyclic amines) is 1. The van der Waals surface area contributed by atoms with E-state index in [0.717, 1.165) is 42.4 Å². The van der Waals surface area contributed by atoms with Gasteiger partial charge in [-0.1, -0.05) is 36.4 Å². The minimum Gasteiger partial charge on any atom is -0.369 e. The molecule has 0 saturated carbocycles. The van der Waals surface area contributed by atoms with Crippen LogP contribution in [0, 0.1) is 5.92 Å². The van der Waals surface area contributed by atoms with Crippen molar-refractivity contribution >= 4 is 23.2 Å². The van der Waals surface area contributed by atoms with Gasteiger partial charge in [0.1, 0.15) is 5.54 Å². The molecule has 2 aromatic rings. The van der Waals surface area contributed by atoms with Gasteiger partial charge in [0.25, 0.3) is 0 Å². The first-order valence-corrected chi connectivity index (χ1v) is 11.4. The maximum absolute atomic E-state index is 12.9. The van der Waals surface area contributed by atoms with Crippen LogP contribution in [0.25, 0.3) is 0 Å². The van der Waals surface area contributed by atoms with E-state index >= 15 is 0 Å². The van der Waals surface area contributed by atoms with Gasteiger partial charge in [-0.25, -0.2) is 0 Å². The summed E-state index contributed by atoms with van der Waals surface area (Å²) in [6.07, 6.45) is 4.00. The fourth-order valence-corrected chi connectivity index (χ4v) is 5.05. The number of piperidine rings is 1. The number of fused-ring (bicyclic) bond motifs is 1. The summed E-state index contributed by atoms with van der Waals surface area (Å²) in [5.41, 5.74) is 3.56. The Labute approximate surface area is 183 Å². The van der Waals surface area contributed by atoms with Gasteiger partial charge in [-0.05, 0) is 68.0 Å². The first kappa shape index (κ1) is 20.1. The van der Waals surface area contributed by atoms with E-state index < -0.39 is 5.54 Å². The number of carbonyl (C=O) groups is 2. The monoisotopic (exact) mass is 418 g/mol. The average molecular weight is 419 g/mol. The van der Waals surface area contributed by atoms with Crippen molar-refractivity contribution in [1.29, 1.82) is 0 Å². The van der Waals surface area contributed by atoms with Crippen LogP contribution >= 0.6 is 0 Å². The van der Waals surface area contributed by atoms with Crippen LogP contribution < -0.4 is 16.0 Å². The van der Waals surface area contributed by atoms with Gasteiger partial charge in [0.05, 0.1) is 17.8 Å². The minimum atomic E-state index is -0.623. The van der Waals surface area contributed by atoms with Gasteiger partial charge in [-0.15, -0.1) is 0 Å². The molecule has 2 aromatic carbocycles. The Kier molecular flexibility index (Phi) is 5.40. The molecule has 0 aromatic heterocycles. The smallest absolute Gasteiger partial charge is 0.250 e. The van der Waals surface area contributed by atoms with Crippen molar-refractivity contribution in [1.82, 2.24) is 10.2 Å². The van der Waals surface area contributed by atoms with Gasteiger partial charge in [-0.3, -0.25) is 9.59 Å². The molecule has 0 radical (unpaired) electrons. The molecule has 1 unspecified atom stereocenters. The molecular weight excluding hydrogens is 388 g/mol. The van der Waals surface area contributed by atoms with E-state index in [0.29, 0.717) is 32.4 Å². The molecule has 1 spiro atoms. The summed E-state index contributed by atoms with van der Waals surface area (Å²) in [6, 6.07) is 16.3. The third kappa shape index (κ3) is 4.17. The van der Waals surface area contributed by atoms with Crippen molar-refractivity contribution in [2.45, 2.75) is 37.6 Å². The Morgan fingerprint density at radius 1 is 1.00 bits per heavy atom. The average Bonchev–Trinajstić information content (AvgIpc) is 3.29. The number of nitrogens with one attached hydrogen (secondary N) is 3. The number of para-hydroxylation sites is 2. The highest BCUT2D eigenvalue weighted by atomic mass is 16.2. The molecule has 3 N–H and O–H groups in total. The van der Waals surface area contributed by atoms with E-state index in [1.165, 1.54) is 12.0 Å². The molecule has 2 fully saturated rings. The summed E-state index contributed by atoms with van der Waals surface area (Å²) in [5.74, 6) is 0.872. The third-order valence-electron chi connectivity index (χ3n) is 7.02. The Balaban J connectivity index is 1.16. The van der Waals surface area contributed by atoms with Gasteiger partial charge in [0.2, 0.25) is 11.8 Å². The Hall–Kier alpha value is -2.86. The van der Waals surface area contributed by atoms with E-state index in [1.54, 1.807) is 0 Å². The number of carbonyl (C=O) groups excluding carboxylic acids is 2. The van der Waals surface area contributed by atoms with Crippen LogP contribution in [0.1, 0.15) is 30.4 Å². The zero-order valence-electron chi connectivity index (χ0n) is 17.8. The molecule has 3 aliphatic rings. The fourth-order valence-electron chi connectivity index (χ4n) is 5.05. The number of amides is 2. The Morgan fingerprint density at radius 2 is 1.71 bits per heavy atom. The standard InChI is InChI=1S/C25H30N4O2/c30-23(16-19-7-5-18(6-8-19)15-20-9-12-26-17-20)29-13-10-25(11-14-29)24(31)27-21-3-1-2-4-22(21)28-25/h1-8,20,26,28H,9-17H2,(H,27,31). The van der Waals surface area contributed by atoms with Crippen molar-refractivity contribution in [3.8, 4) is 0 Å². The molecule has 31 heavy (non-hydrogen) atoms.